The minimum Gasteiger partial charge on any atom is -0.478 e. The summed E-state index contributed by atoms with van der Waals surface area (Å²) < 4.78 is 12.8. The number of nitrogens with two attached hydrogens (primary N) is 1. The number of carboxylic acids is 1. The van der Waals surface area contributed by atoms with Gasteiger partial charge in [0, 0.05) is 17.4 Å². The first-order valence-electron chi connectivity index (χ1n) is 6.59. The predicted molar refractivity (Wildman–Crippen MR) is 81.0 cm³/mol. The highest BCUT2D eigenvalue weighted by Gasteiger charge is 2.09. The second-order valence-electron chi connectivity index (χ2n) is 4.98. The van der Waals surface area contributed by atoms with Crippen LogP contribution in [-0.2, 0) is 6.42 Å². The Balaban J connectivity index is 2.02. The Kier molecular flexibility index (Phi) is 4.42. The van der Waals surface area contributed by atoms with E-state index in [1.165, 1.54) is 18.2 Å². The van der Waals surface area contributed by atoms with Gasteiger partial charge < -0.3 is 16.2 Å². The van der Waals surface area contributed by atoms with Gasteiger partial charge in [0.15, 0.2) is 0 Å². The van der Waals surface area contributed by atoms with Gasteiger partial charge in [-0.3, -0.25) is 0 Å². The van der Waals surface area contributed by atoms with E-state index in [0.29, 0.717) is 0 Å². The van der Waals surface area contributed by atoms with Crippen molar-refractivity contribution in [2.24, 2.45) is 0 Å². The summed E-state index contributed by atoms with van der Waals surface area (Å²) in [6.07, 6.45) is 0.723. The molecule has 1 unspecified atom stereocenters. The van der Waals surface area contributed by atoms with E-state index in [1.54, 1.807) is 24.3 Å². The zero-order valence-corrected chi connectivity index (χ0v) is 11.6. The molecule has 4 nitrogen and oxygen atoms in total. The molecule has 0 aromatic heterocycles. The summed E-state index contributed by atoms with van der Waals surface area (Å²) in [7, 11) is 0. The molecule has 2 rings (SSSR count). The van der Waals surface area contributed by atoms with E-state index in [1.807, 2.05) is 6.92 Å². The van der Waals surface area contributed by atoms with Crippen LogP contribution in [0.15, 0.2) is 42.5 Å². The molecule has 0 fully saturated rings. The topological polar surface area (TPSA) is 75.3 Å². The molecular formula is C16H17FN2O2. The Morgan fingerprint density at radius 2 is 1.95 bits per heavy atom. The lowest BCUT2D eigenvalue weighted by Gasteiger charge is -2.16. The first-order valence-corrected chi connectivity index (χ1v) is 6.59. The van der Waals surface area contributed by atoms with Crippen molar-refractivity contribution in [1.82, 2.24) is 0 Å². The highest BCUT2D eigenvalue weighted by molar-refractivity contribution is 5.94. The first-order chi connectivity index (χ1) is 9.95. The van der Waals surface area contributed by atoms with Crippen LogP contribution >= 0.6 is 0 Å². The Bertz CT molecular complexity index is 641. The summed E-state index contributed by atoms with van der Waals surface area (Å²) in [6.45, 7) is 1.99. The monoisotopic (exact) mass is 288 g/mol. The van der Waals surface area contributed by atoms with Crippen LogP contribution in [0.25, 0.3) is 0 Å². The molecule has 0 radical (unpaired) electrons. The van der Waals surface area contributed by atoms with Crippen molar-refractivity contribution in [3.8, 4) is 0 Å². The normalized spacial score (nSPS) is 11.9. The lowest BCUT2D eigenvalue weighted by atomic mass is 10.1. The lowest BCUT2D eigenvalue weighted by molar-refractivity contribution is 0.0698. The molecule has 0 aliphatic carbocycles. The minimum atomic E-state index is -1.04. The van der Waals surface area contributed by atoms with Gasteiger partial charge in [-0.1, -0.05) is 12.1 Å². The van der Waals surface area contributed by atoms with Crippen LogP contribution in [0.3, 0.4) is 0 Å². The summed E-state index contributed by atoms with van der Waals surface area (Å²) >= 11 is 0. The number of benzene rings is 2. The number of carboxylic acid groups (broad SMARTS) is 1. The second-order valence-corrected chi connectivity index (χ2v) is 4.98. The molecule has 0 aliphatic rings. The Morgan fingerprint density at radius 1 is 1.29 bits per heavy atom. The van der Waals surface area contributed by atoms with Gasteiger partial charge in [-0.05, 0) is 49.2 Å². The third kappa shape index (κ3) is 3.95. The molecule has 0 heterocycles. The van der Waals surface area contributed by atoms with E-state index < -0.39 is 5.97 Å². The zero-order chi connectivity index (χ0) is 15.4. The molecular weight excluding hydrogens is 271 g/mol. The Morgan fingerprint density at radius 3 is 2.52 bits per heavy atom. The van der Waals surface area contributed by atoms with Crippen LogP contribution in [0.1, 0.15) is 22.8 Å². The maximum atomic E-state index is 12.8. The molecule has 5 heteroatoms. The van der Waals surface area contributed by atoms with Gasteiger partial charge in [0.05, 0.1) is 5.56 Å². The van der Waals surface area contributed by atoms with Gasteiger partial charge in [0.2, 0.25) is 0 Å². The van der Waals surface area contributed by atoms with E-state index in [0.717, 1.165) is 17.7 Å². The minimum absolute atomic E-state index is 0.0896. The standard InChI is InChI=1S/C16H17FN2O2/c1-10(8-11-2-4-12(17)5-3-11)19-13-6-7-14(16(20)21)15(18)9-13/h2-7,9-10,19H,8,18H2,1H3,(H,20,21). The molecule has 110 valence electrons. The number of rotatable bonds is 5. The van der Waals surface area contributed by atoms with Crippen LogP contribution in [-0.4, -0.2) is 17.1 Å². The molecule has 21 heavy (non-hydrogen) atoms. The number of aromatic carboxylic acids is 1. The smallest absolute Gasteiger partial charge is 0.337 e. The first kappa shape index (κ1) is 14.8. The molecule has 0 aliphatic heterocycles. The van der Waals surface area contributed by atoms with Crippen LogP contribution in [0.5, 0.6) is 0 Å². The molecule has 4 N–H and O–H groups in total. The number of halogens is 1. The Labute approximate surface area is 122 Å². The van der Waals surface area contributed by atoms with Gasteiger partial charge in [-0.2, -0.15) is 0 Å². The second kappa shape index (κ2) is 6.26. The van der Waals surface area contributed by atoms with E-state index in [4.69, 9.17) is 10.8 Å². The summed E-state index contributed by atoms with van der Waals surface area (Å²) in [4.78, 5) is 10.9. The highest BCUT2D eigenvalue weighted by Crippen LogP contribution is 2.19. The van der Waals surface area contributed by atoms with Crippen molar-refractivity contribution in [1.29, 1.82) is 0 Å². The van der Waals surface area contributed by atoms with Crippen molar-refractivity contribution < 1.29 is 14.3 Å². The third-order valence-electron chi connectivity index (χ3n) is 3.15. The van der Waals surface area contributed by atoms with Gasteiger partial charge in [0.25, 0.3) is 0 Å². The van der Waals surface area contributed by atoms with Crippen molar-refractivity contribution >= 4 is 17.3 Å². The largest absolute Gasteiger partial charge is 0.478 e. The Hall–Kier alpha value is -2.56. The number of carbonyl (C=O) groups is 1. The lowest BCUT2D eigenvalue weighted by Crippen LogP contribution is -2.18. The van der Waals surface area contributed by atoms with Gasteiger partial charge in [-0.15, -0.1) is 0 Å². The van der Waals surface area contributed by atoms with Gasteiger partial charge >= 0.3 is 5.97 Å². The number of hydrogen-bond acceptors (Lipinski definition) is 3. The molecule has 0 bridgehead atoms. The van der Waals surface area contributed by atoms with Crippen LogP contribution in [0, 0.1) is 5.82 Å². The zero-order valence-electron chi connectivity index (χ0n) is 11.6. The quantitative estimate of drug-likeness (QED) is 0.739. The predicted octanol–water partition coefficient (Wildman–Crippen LogP) is 3.15. The van der Waals surface area contributed by atoms with Crippen LogP contribution < -0.4 is 11.1 Å². The summed E-state index contributed by atoms with van der Waals surface area (Å²) in [6, 6.07) is 11.2. The average Bonchev–Trinajstić information content (AvgIpc) is 2.41. The molecule has 2 aromatic carbocycles. The molecule has 0 spiro atoms. The fourth-order valence-electron chi connectivity index (χ4n) is 2.16. The van der Waals surface area contributed by atoms with Crippen molar-refractivity contribution in [2.45, 2.75) is 19.4 Å². The molecule has 0 amide bonds. The number of nitrogens with one attached hydrogen (secondary N) is 1. The van der Waals surface area contributed by atoms with Crippen LogP contribution in [0.2, 0.25) is 0 Å². The fraction of sp³-hybridized carbons (Fsp3) is 0.188. The SMILES string of the molecule is CC(Cc1ccc(F)cc1)Nc1ccc(C(=O)O)c(N)c1. The molecule has 1 atom stereocenters. The molecule has 0 saturated heterocycles. The van der Waals surface area contributed by atoms with Gasteiger partial charge in [0.1, 0.15) is 5.82 Å². The van der Waals surface area contributed by atoms with Crippen molar-refractivity contribution in [2.75, 3.05) is 11.1 Å². The molecule has 2 aromatic rings. The van der Waals surface area contributed by atoms with Crippen LogP contribution in [0.4, 0.5) is 15.8 Å². The van der Waals surface area contributed by atoms with Crippen molar-refractivity contribution in [3.05, 3.63) is 59.4 Å². The maximum Gasteiger partial charge on any atom is 0.337 e. The van der Waals surface area contributed by atoms with E-state index in [-0.39, 0.29) is 23.1 Å². The fourth-order valence-corrected chi connectivity index (χ4v) is 2.16. The summed E-state index contributed by atoms with van der Waals surface area (Å²) in [5, 5.41) is 12.2. The number of nitrogen functional groups attached to an aromatic ring is 1. The van der Waals surface area contributed by atoms with E-state index in [9.17, 15) is 9.18 Å². The summed E-state index contributed by atoms with van der Waals surface area (Å²) in [5.74, 6) is -1.30. The number of anilines is 2. The summed E-state index contributed by atoms with van der Waals surface area (Å²) in [5.41, 5.74) is 7.79. The average molecular weight is 288 g/mol. The third-order valence-corrected chi connectivity index (χ3v) is 3.15. The molecule has 0 saturated carbocycles. The van der Waals surface area contributed by atoms with Gasteiger partial charge in [-0.25, -0.2) is 9.18 Å². The maximum absolute atomic E-state index is 12.8. The number of hydrogen-bond donors (Lipinski definition) is 3. The van der Waals surface area contributed by atoms with Crippen molar-refractivity contribution in [3.63, 3.8) is 0 Å². The van der Waals surface area contributed by atoms with E-state index in [2.05, 4.69) is 5.32 Å². The highest BCUT2D eigenvalue weighted by atomic mass is 19.1. The van der Waals surface area contributed by atoms with E-state index >= 15 is 0 Å².